The van der Waals surface area contributed by atoms with E-state index in [2.05, 4.69) is 26.0 Å². The maximum Gasteiger partial charge on any atom is 0.0749 e. The lowest BCUT2D eigenvalue weighted by atomic mass is 9.88. The van der Waals surface area contributed by atoms with E-state index < -0.39 is 0 Å². The van der Waals surface area contributed by atoms with Gasteiger partial charge in [-0.3, -0.25) is 0 Å². The highest BCUT2D eigenvalue weighted by Crippen LogP contribution is 2.23. The van der Waals surface area contributed by atoms with Crippen LogP contribution in [-0.4, -0.2) is 11.2 Å². The number of hydrogen-bond acceptors (Lipinski definition) is 1. The third kappa shape index (κ3) is 3.77. The van der Waals surface area contributed by atoms with E-state index in [1.807, 2.05) is 6.08 Å². The normalized spacial score (nSPS) is 27.3. The van der Waals surface area contributed by atoms with E-state index in [1.54, 1.807) is 0 Å². The predicted molar refractivity (Wildman–Crippen MR) is 56.5 cm³/mol. The summed E-state index contributed by atoms with van der Waals surface area (Å²) in [6, 6.07) is 0. The SMILES string of the molecule is CC(C)=CCC[C@H]1CCC=C[C@H]1O. The largest absolute Gasteiger partial charge is 0.389 e. The second-order valence-corrected chi connectivity index (χ2v) is 4.11. The molecule has 0 unspecified atom stereocenters. The van der Waals surface area contributed by atoms with E-state index in [0.717, 1.165) is 25.7 Å². The Morgan fingerprint density at radius 3 is 2.92 bits per heavy atom. The maximum atomic E-state index is 9.63. The lowest BCUT2D eigenvalue weighted by molar-refractivity contribution is 0.135. The average Bonchev–Trinajstić information content (AvgIpc) is 2.08. The van der Waals surface area contributed by atoms with Crippen LogP contribution in [-0.2, 0) is 0 Å². The number of hydrogen-bond donors (Lipinski definition) is 1. The number of rotatable bonds is 3. The van der Waals surface area contributed by atoms with Crippen LogP contribution >= 0.6 is 0 Å². The molecule has 0 heterocycles. The quantitative estimate of drug-likeness (QED) is 0.662. The Balaban J connectivity index is 2.28. The molecule has 1 aliphatic carbocycles. The summed E-state index contributed by atoms with van der Waals surface area (Å²) in [6.07, 6.45) is 10.6. The van der Waals surface area contributed by atoms with Gasteiger partial charge in [-0.15, -0.1) is 0 Å². The van der Waals surface area contributed by atoms with Gasteiger partial charge in [-0.25, -0.2) is 0 Å². The molecule has 0 spiro atoms. The zero-order valence-electron chi connectivity index (χ0n) is 8.66. The van der Waals surface area contributed by atoms with Gasteiger partial charge in [0, 0.05) is 0 Å². The Bertz CT molecular complexity index is 199. The first-order chi connectivity index (χ1) is 6.20. The van der Waals surface area contributed by atoms with Crippen LogP contribution in [0.1, 0.15) is 39.5 Å². The van der Waals surface area contributed by atoms with Crippen LogP contribution in [0.4, 0.5) is 0 Å². The first-order valence-electron chi connectivity index (χ1n) is 5.18. The maximum absolute atomic E-state index is 9.63. The fourth-order valence-corrected chi connectivity index (χ4v) is 1.78. The standard InChI is InChI=1S/C12H20O/c1-10(2)6-5-8-11-7-3-4-9-12(11)13/h4,6,9,11-13H,3,5,7-8H2,1-2H3/t11-,12-/m1/s1. The summed E-state index contributed by atoms with van der Waals surface area (Å²) in [5.41, 5.74) is 1.38. The molecule has 13 heavy (non-hydrogen) atoms. The van der Waals surface area contributed by atoms with Gasteiger partial charge in [-0.2, -0.15) is 0 Å². The third-order valence-corrected chi connectivity index (χ3v) is 2.61. The lowest BCUT2D eigenvalue weighted by Gasteiger charge is -2.22. The number of aliphatic hydroxyl groups excluding tert-OH is 1. The fraction of sp³-hybridized carbons (Fsp3) is 0.667. The Morgan fingerprint density at radius 2 is 2.31 bits per heavy atom. The van der Waals surface area contributed by atoms with Gasteiger partial charge in [0.25, 0.3) is 0 Å². The molecule has 1 rings (SSSR count). The minimum atomic E-state index is -0.195. The fourth-order valence-electron chi connectivity index (χ4n) is 1.78. The van der Waals surface area contributed by atoms with Gasteiger partial charge < -0.3 is 5.11 Å². The summed E-state index contributed by atoms with van der Waals surface area (Å²) in [6.45, 7) is 4.24. The van der Waals surface area contributed by atoms with Gasteiger partial charge in [-0.1, -0.05) is 23.8 Å². The minimum absolute atomic E-state index is 0.195. The van der Waals surface area contributed by atoms with Crippen molar-refractivity contribution in [1.29, 1.82) is 0 Å². The van der Waals surface area contributed by atoms with Crippen LogP contribution in [0.5, 0.6) is 0 Å². The van der Waals surface area contributed by atoms with Crippen LogP contribution in [0, 0.1) is 5.92 Å². The van der Waals surface area contributed by atoms with Crippen LogP contribution in [0.15, 0.2) is 23.8 Å². The predicted octanol–water partition coefficient (Wildman–Crippen LogP) is 3.06. The molecule has 1 aliphatic rings. The molecule has 0 aliphatic heterocycles. The molecule has 0 fully saturated rings. The molecule has 0 radical (unpaired) electrons. The van der Waals surface area contributed by atoms with Crippen molar-refractivity contribution >= 4 is 0 Å². The lowest BCUT2D eigenvalue weighted by Crippen LogP contribution is -2.20. The van der Waals surface area contributed by atoms with Crippen molar-refractivity contribution in [2.24, 2.45) is 5.92 Å². The molecule has 2 atom stereocenters. The molecule has 0 aromatic rings. The van der Waals surface area contributed by atoms with Crippen molar-refractivity contribution in [3.63, 3.8) is 0 Å². The molecule has 0 saturated heterocycles. The molecule has 1 N–H and O–H groups in total. The Kier molecular flexibility index (Phi) is 4.23. The van der Waals surface area contributed by atoms with Gasteiger partial charge in [0.05, 0.1) is 6.10 Å². The molecule has 74 valence electrons. The van der Waals surface area contributed by atoms with Gasteiger partial charge >= 0.3 is 0 Å². The van der Waals surface area contributed by atoms with E-state index in [1.165, 1.54) is 5.57 Å². The van der Waals surface area contributed by atoms with Crippen LogP contribution in [0.25, 0.3) is 0 Å². The van der Waals surface area contributed by atoms with Crippen molar-refractivity contribution in [2.75, 3.05) is 0 Å². The van der Waals surface area contributed by atoms with Crippen LogP contribution < -0.4 is 0 Å². The van der Waals surface area contributed by atoms with Crippen molar-refractivity contribution in [1.82, 2.24) is 0 Å². The van der Waals surface area contributed by atoms with Crippen molar-refractivity contribution in [3.8, 4) is 0 Å². The van der Waals surface area contributed by atoms with Crippen molar-refractivity contribution in [2.45, 2.75) is 45.6 Å². The zero-order valence-corrected chi connectivity index (χ0v) is 8.66. The van der Waals surface area contributed by atoms with E-state index in [9.17, 15) is 5.11 Å². The molecular formula is C12H20O. The van der Waals surface area contributed by atoms with E-state index in [0.29, 0.717) is 5.92 Å². The average molecular weight is 180 g/mol. The molecule has 1 nitrogen and oxygen atoms in total. The highest BCUT2D eigenvalue weighted by atomic mass is 16.3. The van der Waals surface area contributed by atoms with E-state index >= 15 is 0 Å². The van der Waals surface area contributed by atoms with Gasteiger partial charge in [0.15, 0.2) is 0 Å². The number of aliphatic hydroxyl groups is 1. The summed E-state index contributed by atoms with van der Waals surface area (Å²) < 4.78 is 0. The summed E-state index contributed by atoms with van der Waals surface area (Å²) in [5, 5.41) is 9.63. The molecule has 1 heteroatoms. The van der Waals surface area contributed by atoms with Gasteiger partial charge in [0.2, 0.25) is 0 Å². The summed E-state index contributed by atoms with van der Waals surface area (Å²) >= 11 is 0. The van der Waals surface area contributed by atoms with Gasteiger partial charge in [-0.05, 0) is 45.4 Å². The molecule has 0 aromatic heterocycles. The van der Waals surface area contributed by atoms with Gasteiger partial charge in [0.1, 0.15) is 0 Å². The van der Waals surface area contributed by atoms with E-state index in [-0.39, 0.29) is 6.10 Å². The Hall–Kier alpha value is -0.560. The van der Waals surface area contributed by atoms with Crippen LogP contribution in [0.2, 0.25) is 0 Å². The summed E-state index contributed by atoms with van der Waals surface area (Å²) in [5.74, 6) is 0.487. The second kappa shape index (κ2) is 5.23. The first-order valence-corrected chi connectivity index (χ1v) is 5.18. The highest BCUT2D eigenvalue weighted by Gasteiger charge is 2.17. The Morgan fingerprint density at radius 1 is 1.54 bits per heavy atom. The smallest absolute Gasteiger partial charge is 0.0749 e. The van der Waals surface area contributed by atoms with Crippen molar-refractivity contribution < 1.29 is 5.11 Å². The van der Waals surface area contributed by atoms with Crippen molar-refractivity contribution in [3.05, 3.63) is 23.8 Å². The molecule has 0 aromatic carbocycles. The molecule has 0 amide bonds. The number of allylic oxidation sites excluding steroid dienone is 3. The molecule has 0 bridgehead atoms. The minimum Gasteiger partial charge on any atom is -0.389 e. The first kappa shape index (κ1) is 10.5. The molecular weight excluding hydrogens is 160 g/mol. The highest BCUT2D eigenvalue weighted by molar-refractivity contribution is 4.99. The Labute approximate surface area is 81.2 Å². The summed E-state index contributed by atoms with van der Waals surface area (Å²) in [4.78, 5) is 0. The van der Waals surface area contributed by atoms with E-state index in [4.69, 9.17) is 0 Å². The zero-order chi connectivity index (χ0) is 9.68. The van der Waals surface area contributed by atoms with Crippen LogP contribution in [0.3, 0.4) is 0 Å². The monoisotopic (exact) mass is 180 g/mol. The topological polar surface area (TPSA) is 20.2 Å². The molecule has 0 saturated carbocycles. The third-order valence-electron chi connectivity index (χ3n) is 2.61. The second-order valence-electron chi connectivity index (χ2n) is 4.11. The summed E-state index contributed by atoms with van der Waals surface area (Å²) in [7, 11) is 0.